The van der Waals surface area contributed by atoms with E-state index in [1.807, 2.05) is 6.92 Å². The Hall–Kier alpha value is -3.43. The second kappa shape index (κ2) is 10.5. The van der Waals surface area contributed by atoms with E-state index in [9.17, 15) is 13.2 Å². The Morgan fingerprint density at radius 2 is 1.58 bits per heavy atom. The van der Waals surface area contributed by atoms with Gasteiger partial charge in [0.05, 0.1) is 36.4 Å². The van der Waals surface area contributed by atoms with Gasteiger partial charge in [0, 0.05) is 17.3 Å². The molecule has 8 nitrogen and oxygen atoms in total. The van der Waals surface area contributed by atoms with Crippen LogP contribution in [0, 0.1) is 0 Å². The second-order valence-electron chi connectivity index (χ2n) is 6.73. The number of halogens is 1. The summed E-state index contributed by atoms with van der Waals surface area (Å²) in [5, 5.41) is 3.00. The lowest BCUT2D eigenvalue weighted by Gasteiger charge is -2.13. The Kier molecular flexibility index (Phi) is 7.67. The van der Waals surface area contributed by atoms with Crippen LogP contribution < -0.4 is 24.2 Å². The summed E-state index contributed by atoms with van der Waals surface area (Å²) in [6, 6.07) is 15.2. The van der Waals surface area contributed by atoms with Crippen LogP contribution in [0.3, 0.4) is 0 Å². The Labute approximate surface area is 197 Å². The number of hydrogen-bond acceptors (Lipinski definition) is 6. The molecular weight excluding hydrogens is 468 g/mol. The largest absolute Gasteiger partial charge is 0.495 e. The molecule has 3 aromatic rings. The first-order valence-corrected chi connectivity index (χ1v) is 11.7. The molecule has 33 heavy (non-hydrogen) atoms. The molecule has 3 rings (SSSR count). The molecular formula is C23H23ClN2O6S. The highest BCUT2D eigenvalue weighted by molar-refractivity contribution is 7.92. The van der Waals surface area contributed by atoms with E-state index in [0.29, 0.717) is 40.3 Å². The van der Waals surface area contributed by atoms with E-state index in [-0.39, 0.29) is 10.5 Å². The molecule has 0 atom stereocenters. The summed E-state index contributed by atoms with van der Waals surface area (Å²) in [6.07, 6.45) is 0. The summed E-state index contributed by atoms with van der Waals surface area (Å²) in [5.41, 5.74) is 0.995. The van der Waals surface area contributed by atoms with Gasteiger partial charge >= 0.3 is 0 Å². The van der Waals surface area contributed by atoms with Crippen LogP contribution in [0.4, 0.5) is 11.4 Å². The molecule has 0 aromatic heterocycles. The van der Waals surface area contributed by atoms with Crippen molar-refractivity contribution in [3.8, 4) is 17.2 Å². The van der Waals surface area contributed by atoms with Gasteiger partial charge in [-0.05, 0) is 61.5 Å². The topological polar surface area (TPSA) is 103 Å². The van der Waals surface area contributed by atoms with Gasteiger partial charge in [0.15, 0.2) is 0 Å². The molecule has 0 unspecified atom stereocenters. The van der Waals surface area contributed by atoms with Gasteiger partial charge in [0.2, 0.25) is 0 Å². The molecule has 10 heteroatoms. The van der Waals surface area contributed by atoms with E-state index in [1.165, 1.54) is 44.6 Å². The number of ether oxygens (including phenoxy) is 3. The van der Waals surface area contributed by atoms with Gasteiger partial charge in [-0.2, -0.15) is 0 Å². The first kappa shape index (κ1) is 24.2. The number of carbonyl (C=O) groups is 1. The molecule has 0 radical (unpaired) electrons. The molecule has 0 bridgehead atoms. The third kappa shape index (κ3) is 5.88. The summed E-state index contributed by atoms with van der Waals surface area (Å²) in [5.74, 6) is 0.952. The standard InChI is InChI=1S/C23H23ClN2O6S/c1-4-32-17-9-7-16(8-10-17)26-33(28,29)18-11-5-15(6-12-18)23(27)25-20-13-19(24)21(30-2)14-22(20)31-3/h5-14,26H,4H2,1-3H3,(H,25,27). The zero-order chi connectivity index (χ0) is 24.0. The number of amides is 1. The average Bonchev–Trinajstić information content (AvgIpc) is 2.80. The van der Waals surface area contributed by atoms with Crippen molar-refractivity contribution in [2.75, 3.05) is 30.9 Å². The fraction of sp³-hybridized carbons (Fsp3) is 0.174. The van der Waals surface area contributed by atoms with E-state index in [1.54, 1.807) is 30.3 Å². The summed E-state index contributed by atoms with van der Waals surface area (Å²) >= 11 is 6.14. The summed E-state index contributed by atoms with van der Waals surface area (Å²) in [6.45, 7) is 2.38. The van der Waals surface area contributed by atoms with Crippen LogP contribution in [0.5, 0.6) is 17.2 Å². The van der Waals surface area contributed by atoms with Gasteiger partial charge in [-0.1, -0.05) is 11.6 Å². The molecule has 0 saturated carbocycles. The SMILES string of the molecule is CCOc1ccc(NS(=O)(=O)c2ccc(C(=O)Nc3cc(Cl)c(OC)cc3OC)cc2)cc1. The zero-order valence-electron chi connectivity index (χ0n) is 18.2. The van der Waals surface area contributed by atoms with Gasteiger partial charge in [-0.15, -0.1) is 0 Å². The molecule has 0 spiro atoms. The van der Waals surface area contributed by atoms with Crippen molar-refractivity contribution >= 4 is 38.9 Å². The van der Waals surface area contributed by atoms with Crippen LogP contribution in [0.15, 0.2) is 65.6 Å². The Bertz CT molecular complexity index is 1230. The van der Waals surface area contributed by atoms with Gasteiger partial charge in [-0.25, -0.2) is 8.42 Å². The number of rotatable bonds is 9. The minimum atomic E-state index is -3.84. The predicted molar refractivity (Wildman–Crippen MR) is 127 cm³/mol. The number of benzene rings is 3. The third-order valence-corrected chi connectivity index (χ3v) is 6.26. The van der Waals surface area contributed by atoms with E-state index >= 15 is 0 Å². The zero-order valence-corrected chi connectivity index (χ0v) is 19.8. The van der Waals surface area contributed by atoms with Crippen molar-refractivity contribution in [3.05, 3.63) is 71.2 Å². The fourth-order valence-corrected chi connectivity index (χ4v) is 4.24. The molecule has 0 heterocycles. The van der Waals surface area contributed by atoms with Crippen molar-refractivity contribution in [2.45, 2.75) is 11.8 Å². The first-order valence-electron chi connectivity index (χ1n) is 9.86. The Balaban J connectivity index is 1.74. The highest BCUT2D eigenvalue weighted by Gasteiger charge is 2.17. The van der Waals surface area contributed by atoms with Crippen LogP contribution in [-0.2, 0) is 10.0 Å². The van der Waals surface area contributed by atoms with Crippen molar-refractivity contribution in [3.63, 3.8) is 0 Å². The van der Waals surface area contributed by atoms with Gasteiger partial charge in [0.25, 0.3) is 15.9 Å². The number of carbonyl (C=O) groups excluding carboxylic acids is 1. The molecule has 3 aromatic carbocycles. The van der Waals surface area contributed by atoms with Gasteiger partial charge in [-0.3, -0.25) is 9.52 Å². The molecule has 0 aliphatic rings. The minimum Gasteiger partial charge on any atom is -0.495 e. The van der Waals surface area contributed by atoms with E-state index in [0.717, 1.165) is 0 Å². The molecule has 0 aliphatic carbocycles. The van der Waals surface area contributed by atoms with Crippen molar-refractivity contribution in [1.29, 1.82) is 0 Å². The first-order chi connectivity index (χ1) is 15.8. The highest BCUT2D eigenvalue weighted by atomic mass is 35.5. The number of hydrogen-bond donors (Lipinski definition) is 2. The highest BCUT2D eigenvalue weighted by Crippen LogP contribution is 2.36. The van der Waals surface area contributed by atoms with E-state index in [4.69, 9.17) is 25.8 Å². The average molecular weight is 491 g/mol. The minimum absolute atomic E-state index is 0.0120. The maximum atomic E-state index is 12.7. The molecule has 2 N–H and O–H groups in total. The maximum absolute atomic E-state index is 12.7. The number of anilines is 2. The summed E-state index contributed by atoms with van der Waals surface area (Å²) < 4.78 is 43.6. The van der Waals surface area contributed by atoms with Crippen molar-refractivity contribution < 1.29 is 27.4 Å². The monoisotopic (exact) mass is 490 g/mol. The van der Waals surface area contributed by atoms with E-state index in [2.05, 4.69) is 10.0 Å². The van der Waals surface area contributed by atoms with Crippen molar-refractivity contribution in [1.82, 2.24) is 0 Å². The lowest BCUT2D eigenvalue weighted by molar-refractivity contribution is 0.102. The number of nitrogens with one attached hydrogen (secondary N) is 2. The van der Waals surface area contributed by atoms with Gasteiger partial charge in [0.1, 0.15) is 17.2 Å². The van der Waals surface area contributed by atoms with E-state index < -0.39 is 15.9 Å². The van der Waals surface area contributed by atoms with Crippen LogP contribution in [0.25, 0.3) is 0 Å². The van der Waals surface area contributed by atoms with Crippen LogP contribution in [0.1, 0.15) is 17.3 Å². The predicted octanol–water partition coefficient (Wildman–Crippen LogP) is 4.81. The molecule has 1 amide bonds. The van der Waals surface area contributed by atoms with Crippen molar-refractivity contribution in [2.24, 2.45) is 0 Å². The fourth-order valence-electron chi connectivity index (χ4n) is 2.94. The second-order valence-corrected chi connectivity index (χ2v) is 8.82. The number of sulfonamides is 1. The maximum Gasteiger partial charge on any atom is 0.261 e. The summed E-state index contributed by atoms with van der Waals surface area (Å²) in [7, 11) is -0.912. The Morgan fingerprint density at radius 3 is 2.15 bits per heavy atom. The third-order valence-electron chi connectivity index (χ3n) is 4.57. The molecule has 0 aliphatic heterocycles. The van der Waals surface area contributed by atoms with Crippen LogP contribution >= 0.6 is 11.6 Å². The lowest BCUT2D eigenvalue weighted by atomic mass is 10.2. The van der Waals surface area contributed by atoms with Crippen LogP contribution in [-0.4, -0.2) is 35.2 Å². The molecule has 0 fully saturated rings. The molecule has 174 valence electrons. The quantitative estimate of drug-likeness (QED) is 0.446. The van der Waals surface area contributed by atoms with Gasteiger partial charge < -0.3 is 19.5 Å². The normalized spacial score (nSPS) is 10.9. The Morgan fingerprint density at radius 1 is 0.939 bits per heavy atom. The molecule has 0 saturated heterocycles. The summed E-state index contributed by atoms with van der Waals surface area (Å²) in [4.78, 5) is 12.7. The smallest absolute Gasteiger partial charge is 0.261 e. The van der Waals surface area contributed by atoms with Crippen LogP contribution in [0.2, 0.25) is 5.02 Å². The lowest BCUT2D eigenvalue weighted by Crippen LogP contribution is -2.15. The number of methoxy groups -OCH3 is 2.